The van der Waals surface area contributed by atoms with Crippen LogP contribution in [0.2, 0.25) is 0 Å². The summed E-state index contributed by atoms with van der Waals surface area (Å²) in [6.45, 7) is 0. The molecule has 2 saturated carbocycles. The molecular formula is C14H20BrClN2OS. The van der Waals surface area contributed by atoms with Crippen molar-refractivity contribution in [2.24, 2.45) is 17.6 Å². The number of hydrogen-bond acceptors (Lipinski definition) is 3. The van der Waals surface area contributed by atoms with Crippen molar-refractivity contribution in [2.45, 2.75) is 44.2 Å². The Kier molecular flexibility index (Phi) is 5.51. The van der Waals surface area contributed by atoms with Crippen LogP contribution in [0.1, 0.15) is 42.5 Å². The molecule has 0 radical (unpaired) electrons. The molecule has 2 aliphatic carbocycles. The van der Waals surface area contributed by atoms with Crippen molar-refractivity contribution in [3.8, 4) is 0 Å². The van der Waals surface area contributed by atoms with Crippen molar-refractivity contribution in [1.29, 1.82) is 0 Å². The van der Waals surface area contributed by atoms with Gasteiger partial charge >= 0.3 is 0 Å². The van der Waals surface area contributed by atoms with E-state index in [1.807, 2.05) is 11.4 Å². The number of thiophene rings is 1. The van der Waals surface area contributed by atoms with Crippen LogP contribution in [0.4, 0.5) is 0 Å². The van der Waals surface area contributed by atoms with Crippen molar-refractivity contribution >= 4 is 45.6 Å². The maximum absolute atomic E-state index is 12.3. The standard InChI is InChI=1S/C14H19BrN2OS.ClH/c15-12-6-10(7-19-12)14(18)17-13-8-2-1-3-9(13)5-11(16)4-8;/h6-9,11,13H,1-5,16H2,(H,17,18);1H. The first-order valence-corrected chi connectivity index (χ1v) is 8.61. The van der Waals surface area contributed by atoms with Crippen LogP contribution in [0.5, 0.6) is 0 Å². The number of carbonyl (C=O) groups excluding carboxylic acids is 1. The number of hydrogen-bond donors (Lipinski definition) is 2. The number of nitrogens with two attached hydrogens (primary N) is 1. The van der Waals surface area contributed by atoms with Crippen LogP contribution < -0.4 is 11.1 Å². The minimum absolute atomic E-state index is 0. The van der Waals surface area contributed by atoms with Crippen molar-refractivity contribution in [2.75, 3.05) is 0 Å². The lowest BCUT2D eigenvalue weighted by Crippen LogP contribution is -2.53. The molecule has 2 unspecified atom stereocenters. The molecule has 1 aromatic heterocycles. The summed E-state index contributed by atoms with van der Waals surface area (Å²) >= 11 is 4.96. The molecule has 6 heteroatoms. The highest BCUT2D eigenvalue weighted by Gasteiger charge is 2.39. The van der Waals surface area contributed by atoms with Gasteiger partial charge in [0.2, 0.25) is 0 Å². The molecule has 2 aliphatic rings. The lowest BCUT2D eigenvalue weighted by Gasteiger charge is -2.45. The molecule has 3 rings (SSSR count). The summed E-state index contributed by atoms with van der Waals surface area (Å²) in [5.41, 5.74) is 6.88. The molecular weight excluding hydrogens is 360 g/mol. The minimum atomic E-state index is 0. The lowest BCUT2D eigenvalue weighted by atomic mass is 9.67. The molecule has 2 atom stereocenters. The Labute approximate surface area is 138 Å². The van der Waals surface area contributed by atoms with Crippen LogP contribution in [0.15, 0.2) is 15.2 Å². The summed E-state index contributed by atoms with van der Waals surface area (Å²) in [5, 5.41) is 5.17. The first kappa shape index (κ1) is 16.3. The number of rotatable bonds is 2. The van der Waals surface area contributed by atoms with Gasteiger partial charge in [0.25, 0.3) is 5.91 Å². The van der Waals surface area contributed by atoms with E-state index in [0.717, 1.165) is 22.2 Å². The monoisotopic (exact) mass is 378 g/mol. The number of fused-ring (bicyclic) bond motifs is 2. The van der Waals surface area contributed by atoms with Crippen molar-refractivity contribution in [1.82, 2.24) is 5.32 Å². The molecule has 2 bridgehead atoms. The molecule has 0 spiro atoms. The summed E-state index contributed by atoms with van der Waals surface area (Å²) in [6.07, 6.45) is 5.84. The fraction of sp³-hybridized carbons (Fsp3) is 0.643. The first-order chi connectivity index (χ1) is 9.13. The fourth-order valence-corrected chi connectivity index (χ4v) is 4.83. The van der Waals surface area contributed by atoms with Gasteiger partial charge in [-0.1, -0.05) is 6.42 Å². The zero-order valence-electron chi connectivity index (χ0n) is 11.2. The van der Waals surface area contributed by atoms with Gasteiger partial charge in [-0.3, -0.25) is 4.79 Å². The molecule has 20 heavy (non-hydrogen) atoms. The summed E-state index contributed by atoms with van der Waals surface area (Å²) in [7, 11) is 0. The first-order valence-electron chi connectivity index (χ1n) is 6.94. The Morgan fingerprint density at radius 2 is 2.00 bits per heavy atom. The van der Waals surface area contributed by atoms with Gasteiger partial charge in [0.15, 0.2) is 0 Å². The predicted octanol–water partition coefficient (Wildman–Crippen LogP) is 3.57. The van der Waals surface area contributed by atoms with E-state index in [0.29, 0.717) is 23.9 Å². The predicted molar refractivity (Wildman–Crippen MR) is 88.6 cm³/mol. The topological polar surface area (TPSA) is 55.1 Å². The van der Waals surface area contributed by atoms with Crippen LogP contribution in [0, 0.1) is 11.8 Å². The summed E-state index contributed by atoms with van der Waals surface area (Å²) in [5.74, 6) is 1.22. The van der Waals surface area contributed by atoms with Crippen LogP contribution in [0.25, 0.3) is 0 Å². The van der Waals surface area contributed by atoms with Crippen LogP contribution in [-0.2, 0) is 0 Å². The average Bonchev–Trinajstić information content (AvgIpc) is 2.77. The second kappa shape index (κ2) is 6.77. The molecule has 0 saturated heterocycles. The second-order valence-electron chi connectivity index (χ2n) is 5.82. The van der Waals surface area contributed by atoms with Crippen molar-refractivity contribution in [3.05, 3.63) is 20.8 Å². The van der Waals surface area contributed by atoms with E-state index in [2.05, 4.69) is 21.2 Å². The van der Waals surface area contributed by atoms with Crippen LogP contribution in [-0.4, -0.2) is 18.0 Å². The smallest absolute Gasteiger partial charge is 0.252 e. The molecule has 0 aromatic carbocycles. The van der Waals surface area contributed by atoms with E-state index >= 15 is 0 Å². The maximum Gasteiger partial charge on any atom is 0.252 e. The zero-order valence-corrected chi connectivity index (χ0v) is 14.4. The number of carbonyl (C=O) groups is 1. The molecule has 3 nitrogen and oxygen atoms in total. The second-order valence-corrected chi connectivity index (χ2v) is 8.11. The van der Waals surface area contributed by atoms with E-state index in [-0.39, 0.29) is 18.3 Å². The van der Waals surface area contributed by atoms with E-state index in [1.54, 1.807) is 11.3 Å². The zero-order chi connectivity index (χ0) is 13.4. The highest BCUT2D eigenvalue weighted by atomic mass is 79.9. The van der Waals surface area contributed by atoms with Gasteiger partial charge < -0.3 is 11.1 Å². The Hall–Kier alpha value is -0.100. The quantitative estimate of drug-likeness (QED) is 0.825. The molecule has 3 N–H and O–H groups in total. The number of amides is 1. The summed E-state index contributed by atoms with van der Waals surface area (Å²) in [4.78, 5) is 12.3. The average molecular weight is 380 g/mol. The minimum Gasteiger partial charge on any atom is -0.349 e. The van der Waals surface area contributed by atoms with Crippen LogP contribution in [0.3, 0.4) is 0 Å². The Morgan fingerprint density at radius 3 is 2.55 bits per heavy atom. The van der Waals surface area contributed by atoms with Gasteiger partial charge in [-0.15, -0.1) is 23.7 Å². The van der Waals surface area contributed by atoms with Gasteiger partial charge in [-0.2, -0.15) is 0 Å². The van der Waals surface area contributed by atoms with E-state index in [4.69, 9.17) is 5.73 Å². The Bertz CT molecular complexity index is 467. The highest BCUT2D eigenvalue weighted by molar-refractivity contribution is 9.11. The molecule has 0 aliphatic heterocycles. The summed E-state index contributed by atoms with van der Waals surface area (Å²) < 4.78 is 1.00. The van der Waals surface area contributed by atoms with Crippen molar-refractivity contribution < 1.29 is 4.79 Å². The lowest BCUT2D eigenvalue weighted by molar-refractivity contribution is 0.0756. The summed E-state index contributed by atoms with van der Waals surface area (Å²) in [6, 6.07) is 2.56. The largest absolute Gasteiger partial charge is 0.349 e. The van der Waals surface area contributed by atoms with E-state index in [1.165, 1.54) is 19.3 Å². The number of nitrogens with one attached hydrogen (secondary N) is 1. The Morgan fingerprint density at radius 1 is 1.35 bits per heavy atom. The number of halogens is 2. The third-order valence-corrected chi connectivity index (χ3v) is 6.01. The van der Waals surface area contributed by atoms with Crippen LogP contribution >= 0.6 is 39.7 Å². The van der Waals surface area contributed by atoms with Gasteiger partial charge in [-0.05, 0) is 59.5 Å². The van der Waals surface area contributed by atoms with Gasteiger partial charge in [0.1, 0.15) is 0 Å². The normalized spacial score (nSPS) is 32.3. The van der Waals surface area contributed by atoms with Gasteiger partial charge in [-0.25, -0.2) is 0 Å². The molecule has 2 fully saturated rings. The Balaban J connectivity index is 0.00000147. The fourth-order valence-electron chi connectivity index (χ4n) is 3.69. The van der Waals surface area contributed by atoms with E-state index < -0.39 is 0 Å². The molecule has 1 aromatic rings. The molecule has 1 heterocycles. The van der Waals surface area contributed by atoms with Crippen molar-refractivity contribution in [3.63, 3.8) is 0 Å². The highest BCUT2D eigenvalue weighted by Crippen LogP contribution is 2.39. The maximum atomic E-state index is 12.3. The molecule has 1 amide bonds. The van der Waals surface area contributed by atoms with E-state index in [9.17, 15) is 4.79 Å². The molecule has 112 valence electrons. The third-order valence-electron chi connectivity index (χ3n) is 4.50. The third kappa shape index (κ3) is 3.38. The van der Waals surface area contributed by atoms with Gasteiger partial charge in [0.05, 0.1) is 9.35 Å². The van der Waals surface area contributed by atoms with Gasteiger partial charge in [0, 0.05) is 17.5 Å². The SMILES string of the molecule is Cl.NC1CC2CCCC(C1)C2NC(=O)c1csc(Br)c1.